The van der Waals surface area contributed by atoms with Crippen LogP contribution < -0.4 is 11.0 Å². The van der Waals surface area contributed by atoms with Gasteiger partial charge in [-0.1, -0.05) is 6.07 Å². The number of halogens is 2. The highest BCUT2D eigenvalue weighted by Gasteiger charge is 2.59. The zero-order valence-corrected chi connectivity index (χ0v) is 14.0. The fourth-order valence-corrected chi connectivity index (χ4v) is 2.68. The van der Waals surface area contributed by atoms with E-state index in [0.29, 0.717) is 10.1 Å². The van der Waals surface area contributed by atoms with Crippen molar-refractivity contribution < 1.29 is 28.5 Å². The summed E-state index contributed by atoms with van der Waals surface area (Å²) in [6.45, 7) is 0.836. The van der Waals surface area contributed by atoms with Gasteiger partial charge in [-0.05, 0) is 24.6 Å². The Hall–Kier alpha value is -2.76. The van der Waals surface area contributed by atoms with Crippen molar-refractivity contribution in [3.63, 3.8) is 0 Å². The number of aryl methyl sites for hydroxylation is 1. The Morgan fingerprint density at radius 2 is 2.19 bits per heavy atom. The van der Waals surface area contributed by atoms with E-state index in [-0.39, 0.29) is 11.5 Å². The number of nitrogens with one attached hydrogen (secondary N) is 1. The number of anilines is 1. The third kappa shape index (κ3) is 3.44. The molecule has 0 aromatic carbocycles. The monoisotopic (exact) mass is 382 g/mol. The Balaban J connectivity index is 1.84. The number of ether oxygens (including phenoxy) is 1. The van der Waals surface area contributed by atoms with Gasteiger partial charge in [0.25, 0.3) is 5.91 Å². The van der Waals surface area contributed by atoms with E-state index in [1.165, 1.54) is 6.20 Å². The Morgan fingerprint density at radius 3 is 2.78 bits per heavy atom. The van der Waals surface area contributed by atoms with Gasteiger partial charge in [-0.3, -0.25) is 14.3 Å². The lowest BCUT2D eigenvalue weighted by molar-refractivity contribution is -0.140. The minimum absolute atomic E-state index is 0.128. The van der Waals surface area contributed by atoms with Crippen LogP contribution in [-0.4, -0.2) is 55.4 Å². The number of carbonyl (C=O) groups is 1. The van der Waals surface area contributed by atoms with Crippen molar-refractivity contribution in [2.75, 3.05) is 11.9 Å². The predicted octanol–water partition coefficient (Wildman–Crippen LogP) is 0.0849. The number of hydrogen-bond acceptors (Lipinski definition) is 7. The summed E-state index contributed by atoms with van der Waals surface area (Å²) in [5.41, 5.74) is -0.393. The second-order valence-corrected chi connectivity index (χ2v) is 5.95. The van der Waals surface area contributed by atoms with Crippen molar-refractivity contribution in [3.8, 4) is 0 Å². The van der Waals surface area contributed by atoms with Crippen molar-refractivity contribution in [2.24, 2.45) is 0 Å². The number of hydrogen-bond donors (Lipinski definition) is 3. The maximum Gasteiger partial charge on any atom is 0.351 e. The largest absolute Gasteiger partial charge is 0.394 e. The highest BCUT2D eigenvalue weighted by molar-refractivity contribution is 6.03. The fraction of sp³-hybridized carbons (Fsp3) is 0.375. The molecule has 27 heavy (non-hydrogen) atoms. The van der Waals surface area contributed by atoms with Gasteiger partial charge < -0.3 is 20.3 Å². The predicted molar refractivity (Wildman–Crippen MR) is 87.4 cm³/mol. The maximum atomic E-state index is 14.1. The first-order chi connectivity index (χ1) is 12.8. The van der Waals surface area contributed by atoms with Crippen molar-refractivity contribution in [1.82, 2.24) is 14.5 Å². The van der Waals surface area contributed by atoms with Gasteiger partial charge in [-0.2, -0.15) is 13.8 Å². The van der Waals surface area contributed by atoms with Gasteiger partial charge in [0.1, 0.15) is 17.6 Å². The molecule has 0 aliphatic carbocycles. The summed E-state index contributed by atoms with van der Waals surface area (Å²) in [6, 6.07) is 4.47. The van der Waals surface area contributed by atoms with Crippen molar-refractivity contribution >= 4 is 11.7 Å². The molecule has 144 valence electrons. The van der Waals surface area contributed by atoms with Gasteiger partial charge in [-0.25, -0.2) is 4.79 Å². The molecule has 1 aliphatic heterocycles. The molecule has 0 unspecified atom stereocenters. The van der Waals surface area contributed by atoms with Crippen LogP contribution in [0.15, 0.2) is 35.4 Å². The lowest BCUT2D eigenvalue weighted by Gasteiger charge is -2.21. The van der Waals surface area contributed by atoms with Crippen LogP contribution >= 0.6 is 0 Å². The first-order valence-corrected chi connectivity index (χ1v) is 7.90. The van der Waals surface area contributed by atoms with E-state index in [1.54, 1.807) is 19.1 Å². The molecular formula is C16H16F2N4O5. The molecule has 0 radical (unpaired) electrons. The summed E-state index contributed by atoms with van der Waals surface area (Å²) in [5.74, 6) is -4.59. The lowest BCUT2D eigenvalue weighted by atomic mass is 10.1. The third-order valence-electron chi connectivity index (χ3n) is 4.11. The average molecular weight is 382 g/mol. The lowest BCUT2D eigenvalue weighted by Crippen LogP contribution is -2.41. The molecule has 3 atom stereocenters. The zero-order chi connectivity index (χ0) is 19.8. The summed E-state index contributed by atoms with van der Waals surface area (Å²) < 4.78 is 33.6. The van der Waals surface area contributed by atoms with Gasteiger partial charge in [0, 0.05) is 12.4 Å². The standard InChI is InChI=1S/C16H16F2N4O5/c1-8-3-2-5-19-11(8)13(25)20-10-4-6-22(15(26)21-10)14-16(17,18)12(24)9(7-23)27-14/h2-6,9,12,14,23-24H,7H2,1H3,(H,20,21,25,26)/t9-,12-,14-/m1/s1. The zero-order valence-electron chi connectivity index (χ0n) is 14.0. The SMILES string of the molecule is Cc1cccnc1C(=O)Nc1ccn([C@@H]2O[C@H](CO)[C@@H](O)C2(F)F)c(=O)n1. The molecule has 2 aromatic heterocycles. The Bertz CT molecular complexity index is 920. The number of pyridine rings is 1. The minimum Gasteiger partial charge on any atom is -0.394 e. The Morgan fingerprint density at radius 1 is 1.44 bits per heavy atom. The fourth-order valence-electron chi connectivity index (χ4n) is 2.68. The molecule has 0 spiro atoms. The number of carbonyl (C=O) groups excluding carboxylic acids is 1. The highest BCUT2D eigenvalue weighted by atomic mass is 19.3. The molecule has 1 fully saturated rings. The number of nitrogens with zero attached hydrogens (tertiary/aromatic N) is 3. The molecule has 0 saturated carbocycles. The van der Waals surface area contributed by atoms with Crippen LogP contribution in [0, 0.1) is 6.92 Å². The molecule has 2 aromatic rings. The molecule has 3 heterocycles. The number of aliphatic hydroxyl groups excluding tert-OH is 2. The second kappa shape index (κ2) is 7.10. The quantitative estimate of drug-likeness (QED) is 0.684. The molecule has 9 nitrogen and oxygen atoms in total. The van der Waals surface area contributed by atoms with Crippen LogP contribution in [0.3, 0.4) is 0 Å². The van der Waals surface area contributed by atoms with Crippen LogP contribution in [0.4, 0.5) is 14.6 Å². The van der Waals surface area contributed by atoms with Gasteiger partial charge in [0.15, 0.2) is 6.10 Å². The number of aromatic nitrogens is 3. The molecule has 1 amide bonds. The van der Waals surface area contributed by atoms with Crippen LogP contribution in [0.5, 0.6) is 0 Å². The molecule has 11 heteroatoms. The maximum absolute atomic E-state index is 14.1. The number of amides is 1. The Kier molecular flexibility index (Phi) is 5.00. The van der Waals surface area contributed by atoms with Crippen LogP contribution in [0.25, 0.3) is 0 Å². The second-order valence-electron chi connectivity index (χ2n) is 5.95. The minimum atomic E-state index is -3.81. The summed E-state index contributed by atoms with van der Waals surface area (Å²) in [6.07, 6.45) is -3.56. The van der Waals surface area contributed by atoms with Crippen LogP contribution in [0.2, 0.25) is 0 Å². The summed E-state index contributed by atoms with van der Waals surface area (Å²) >= 11 is 0. The van der Waals surface area contributed by atoms with Gasteiger partial charge >= 0.3 is 11.6 Å². The smallest absolute Gasteiger partial charge is 0.351 e. The van der Waals surface area contributed by atoms with Crippen molar-refractivity contribution in [1.29, 1.82) is 0 Å². The van der Waals surface area contributed by atoms with E-state index in [9.17, 15) is 23.5 Å². The molecule has 0 bridgehead atoms. The molecular weight excluding hydrogens is 366 g/mol. The molecule has 1 aliphatic rings. The van der Waals surface area contributed by atoms with Gasteiger partial charge in [0.05, 0.1) is 6.61 Å². The van der Waals surface area contributed by atoms with E-state index in [4.69, 9.17) is 9.84 Å². The van der Waals surface area contributed by atoms with E-state index >= 15 is 0 Å². The summed E-state index contributed by atoms with van der Waals surface area (Å²) in [4.78, 5) is 31.8. The van der Waals surface area contributed by atoms with Crippen LogP contribution in [-0.2, 0) is 4.74 Å². The van der Waals surface area contributed by atoms with Gasteiger partial charge in [0.2, 0.25) is 6.23 Å². The number of alkyl halides is 2. The van der Waals surface area contributed by atoms with Crippen LogP contribution in [0.1, 0.15) is 22.3 Å². The van der Waals surface area contributed by atoms with Gasteiger partial charge in [-0.15, -0.1) is 0 Å². The summed E-state index contributed by atoms with van der Waals surface area (Å²) in [5, 5.41) is 20.9. The third-order valence-corrected chi connectivity index (χ3v) is 4.11. The number of rotatable bonds is 4. The summed E-state index contributed by atoms with van der Waals surface area (Å²) in [7, 11) is 0. The first kappa shape index (κ1) is 19.0. The molecule has 3 rings (SSSR count). The van der Waals surface area contributed by atoms with Crippen molar-refractivity contribution in [3.05, 3.63) is 52.3 Å². The Labute approximate surface area is 151 Å². The first-order valence-electron chi connectivity index (χ1n) is 7.90. The highest BCUT2D eigenvalue weighted by Crippen LogP contribution is 2.41. The van der Waals surface area contributed by atoms with E-state index in [1.807, 2.05) is 0 Å². The average Bonchev–Trinajstić information content (AvgIpc) is 2.85. The topological polar surface area (TPSA) is 127 Å². The normalized spacial score (nSPS) is 24.0. The van der Waals surface area contributed by atoms with E-state index in [0.717, 1.165) is 12.3 Å². The number of aliphatic hydroxyl groups is 2. The van der Waals surface area contributed by atoms with E-state index in [2.05, 4.69) is 15.3 Å². The molecule has 1 saturated heterocycles. The molecule has 3 N–H and O–H groups in total. The van der Waals surface area contributed by atoms with Crippen molar-refractivity contribution in [2.45, 2.75) is 31.3 Å². The van der Waals surface area contributed by atoms with E-state index < -0.39 is 42.6 Å².